The van der Waals surface area contributed by atoms with Crippen molar-refractivity contribution in [1.82, 2.24) is 14.5 Å². The molecule has 0 radical (unpaired) electrons. The number of rotatable bonds is 4. The van der Waals surface area contributed by atoms with Crippen LogP contribution < -0.4 is 10.3 Å². The van der Waals surface area contributed by atoms with Gasteiger partial charge in [0.1, 0.15) is 11.3 Å². The van der Waals surface area contributed by atoms with E-state index in [1.54, 1.807) is 36.5 Å². The molecular weight excluding hydrogens is 318 g/mol. The van der Waals surface area contributed by atoms with Gasteiger partial charge in [0.15, 0.2) is 0 Å². The van der Waals surface area contributed by atoms with Crippen LogP contribution in [0, 0.1) is 12.8 Å². The van der Waals surface area contributed by atoms with Crippen molar-refractivity contribution in [2.45, 2.75) is 19.8 Å². The first-order valence-electron chi connectivity index (χ1n) is 8.55. The largest absolute Gasteiger partial charge is 0.493 e. The molecule has 0 atom stereocenters. The molecule has 6 nitrogen and oxygen atoms in total. The van der Waals surface area contributed by atoms with Gasteiger partial charge in [0.25, 0.3) is 11.5 Å². The van der Waals surface area contributed by atoms with Crippen LogP contribution in [0.5, 0.6) is 5.75 Å². The van der Waals surface area contributed by atoms with Gasteiger partial charge in [-0.3, -0.25) is 14.6 Å². The Balaban J connectivity index is 1.54. The SMILES string of the molecule is Cc1cc(OCC2CCN(C(=O)c3cccn(C)c3=O)CC2)ccn1. The second-order valence-electron chi connectivity index (χ2n) is 6.52. The van der Waals surface area contributed by atoms with Crippen molar-refractivity contribution in [1.29, 1.82) is 0 Å². The van der Waals surface area contributed by atoms with Crippen molar-refractivity contribution in [2.75, 3.05) is 19.7 Å². The molecule has 0 bridgehead atoms. The Morgan fingerprint density at radius 2 is 2.08 bits per heavy atom. The second-order valence-corrected chi connectivity index (χ2v) is 6.52. The lowest BCUT2D eigenvalue weighted by atomic mass is 9.97. The Labute approximate surface area is 147 Å². The molecule has 0 spiro atoms. The molecule has 1 saturated heterocycles. The van der Waals surface area contributed by atoms with E-state index in [1.165, 1.54) is 4.57 Å². The topological polar surface area (TPSA) is 64.4 Å². The van der Waals surface area contributed by atoms with E-state index in [1.807, 2.05) is 19.1 Å². The van der Waals surface area contributed by atoms with Crippen molar-refractivity contribution in [3.63, 3.8) is 0 Å². The molecule has 1 fully saturated rings. The number of aryl methyl sites for hydroxylation is 2. The second kappa shape index (κ2) is 7.51. The molecule has 3 rings (SSSR count). The number of aromatic nitrogens is 2. The maximum Gasteiger partial charge on any atom is 0.263 e. The first-order chi connectivity index (χ1) is 12.0. The van der Waals surface area contributed by atoms with E-state index in [2.05, 4.69) is 4.98 Å². The lowest BCUT2D eigenvalue weighted by Crippen LogP contribution is -2.42. The van der Waals surface area contributed by atoms with E-state index >= 15 is 0 Å². The van der Waals surface area contributed by atoms with Crippen LogP contribution >= 0.6 is 0 Å². The molecule has 25 heavy (non-hydrogen) atoms. The zero-order chi connectivity index (χ0) is 17.8. The van der Waals surface area contributed by atoms with Gasteiger partial charge in [-0.25, -0.2) is 0 Å². The highest BCUT2D eigenvalue weighted by Gasteiger charge is 2.25. The Kier molecular flexibility index (Phi) is 5.16. The summed E-state index contributed by atoms with van der Waals surface area (Å²) < 4.78 is 7.28. The molecule has 0 N–H and O–H groups in total. The number of carbonyl (C=O) groups excluding carboxylic acids is 1. The fourth-order valence-electron chi connectivity index (χ4n) is 3.06. The fraction of sp³-hybridized carbons (Fsp3) is 0.421. The smallest absolute Gasteiger partial charge is 0.263 e. The summed E-state index contributed by atoms with van der Waals surface area (Å²) in [7, 11) is 1.66. The van der Waals surface area contributed by atoms with Crippen LogP contribution in [0.3, 0.4) is 0 Å². The van der Waals surface area contributed by atoms with E-state index in [9.17, 15) is 9.59 Å². The number of amides is 1. The number of likely N-dealkylation sites (tertiary alicyclic amines) is 1. The average Bonchev–Trinajstić information content (AvgIpc) is 2.62. The van der Waals surface area contributed by atoms with Crippen LogP contribution in [0.2, 0.25) is 0 Å². The molecule has 0 aliphatic carbocycles. The number of hydrogen-bond acceptors (Lipinski definition) is 4. The van der Waals surface area contributed by atoms with Crippen LogP contribution in [0.25, 0.3) is 0 Å². The Morgan fingerprint density at radius 1 is 1.32 bits per heavy atom. The minimum absolute atomic E-state index is 0.176. The highest BCUT2D eigenvalue weighted by molar-refractivity contribution is 5.93. The maximum atomic E-state index is 12.6. The van der Waals surface area contributed by atoms with Gasteiger partial charge in [-0.15, -0.1) is 0 Å². The molecule has 0 unspecified atom stereocenters. The van der Waals surface area contributed by atoms with Crippen molar-refractivity contribution in [3.05, 3.63) is 58.3 Å². The standard InChI is InChI=1S/C19H23N3O3/c1-14-12-16(5-8-20-14)25-13-15-6-10-22(11-7-15)19(24)17-4-3-9-21(2)18(17)23/h3-5,8-9,12,15H,6-7,10-11,13H2,1-2H3. The zero-order valence-corrected chi connectivity index (χ0v) is 14.6. The monoisotopic (exact) mass is 341 g/mol. The zero-order valence-electron chi connectivity index (χ0n) is 14.6. The Hall–Kier alpha value is -2.63. The number of carbonyl (C=O) groups is 1. The normalized spacial score (nSPS) is 15.2. The molecule has 3 heterocycles. The molecule has 6 heteroatoms. The summed E-state index contributed by atoms with van der Waals surface area (Å²) in [5.74, 6) is 1.07. The summed E-state index contributed by atoms with van der Waals surface area (Å²) in [6.07, 6.45) is 5.15. The van der Waals surface area contributed by atoms with Gasteiger partial charge >= 0.3 is 0 Å². The van der Waals surface area contributed by atoms with Crippen molar-refractivity contribution in [2.24, 2.45) is 13.0 Å². The van der Waals surface area contributed by atoms with Gasteiger partial charge in [-0.05, 0) is 43.9 Å². The van der Waals surface area contributed by atoms with Gasteiger partial charge in [-0.1, -0.05) is 0 Å². The minimum Gasteiger partial charge on any atom is -0.493 e. The van der Waals surface area contributed by atoms with E-state index < -0.39 is 0 Å². The molecule has 0 saturated carbocycles. The summed E-state index contributed by atoms with van der Waals surface area (Å²) >= 11 is 0. The minimum atomic E-state index is -0.244. The van der Waals surface area contributed by atoms with Crippen LogP contribution in [-0.4, -0.2) is 40.1 Å². The van der Waals surface area contributed by atoms with Gasteiger partial charge < -0.3 is 14.2 Å². The first kappa shape index (κ1) is 17.2. The summed E-state index contributed by atoms with van der Waals surface area (Å²) in [5, 5.41) is 0. The number of piperidine rings is 1. The third-order valence-electron chi connectivity index (χ3n) is 4.61. The predicted molar refractivity (Wildman–Crippen MR) is 94.8 cm³/mol. The van der Waals surface area contributed by atoms with Gasteiger partial charge in [0.05, 0.1) is 6.61 Å². The van der Waals surface area contributed by atoms with Crippen LogP contribution in [0.4, 0.5) is 0 Å². The van der Waals surface area contributed by atoms with Crippen molar-refractivity contribution < 1.29 is 9.53 Å². The van der Waals surface area contributed by atoms with E-state index in [0.29, 0.717) is 25.6 Å². The third kappa shape index (κ3) is 4.07. The first-order valence-corrected chi connectivity index (χ1v) is 8.55. The van der Waals surface area contributed by atoms with Crippen molar-refractivity contribution in [3.8, 4) is 5.75 Å². The van der Waals surface area contributed by atoms with E-state index in [0.717, 1.165) is 24.3 Å². The summed E-state index contributed by atoms with van der Waals surface area (Å²) in [4.78, 5) is 30.6. The Morgan fingerprint density at radius 3 is 2.80 bits per heavy atom. The molecule has 2 aromatic rings. The van der Waals surface area contributed by atoms with Crippen LogP contribution in [0.15, 0.2) is 41.5 Å². The van der Waals surface area contributed by atoms with Crippen LogP contribution in [0.1, 0.15) is 28.9 Å². The predicted octanol–water partition coefficient (Wildman–Crippen LogP) is 2.02. The molecule has 0 aromatic carbocycles. The maximum absolute atomic E-state index is 12.6. The average molecular weight is 341 g/mol. The van der Waals surface area contributed by atoms with Gasteiger partial charge in [0, 0.05) is 44.3 Å². The molecule has 2 aromatic heterocycles. The highest BCUT2D eigenvalue weighted by atomic mass is 16.5. The summed E-state index contributed by atoms with van der Waals surface area (Å²) in [5.41, 5.74) is 0.931. The third-order valence-corrected chi connectivity index (χ3v) is 4.61. The molecule has 1 aliphatic heterocycles. The number of ether oxygens (including phenoxy) is 1. The number of pyridine rings is 2. The fourth-order valence-corrected chi connectivity index (χ4v) is 3.06. The van der Waals surface area contributed by atoms with Crippen molar-refractivity contribution >= 4 is 5.91 Å². The van der Waals surface area contributed by atoms with Gasteiger partial charge in [0.2, 0.25) is 0 Å². The molecular formula is C19H23N3O3. The highest BCUT2D eigenvalue weighted by Crippen LogP contribution is 2.20. The molecule has 1 amide bonds. The summed E-state index contributed by atoms with van der Waals surface area (Å²) in [6, 6.07) is 7.11. The number of nitrogens with zero attached hydrogens (tertiary/aromatic N) is 3. The quantitative estimate of drug-likeness (QED) is 0.853. The number of hydrogen-bond donors (Lipinski definition) is 0. The van der Waals surface area contributed by atoms with Crippen LogP contribution in [-0.2, 0) is 7.05 Å². The molecule has 132 valence electrons. The lowest BCUT2D eigenvalue weighted by molar-refractivity contribution is 0.0658. The lowest BCUT2D eigenvalue weighted by Gasteiger charge is -2.31. The molecule has 1 aliphatic rings. The van der Waals surface area contributed by atoms with E-state index in [4.69, 9.17) is 4.74 Å². The summed E-state index contributed by atoms with van der Waals surface area (Å²) in [6.45, 7) is 3.88. The Bertz CT molecular complexity index is 808. The van der Waals surface area contributed by atoms with Gasteiger partial charge in [-0.2, -0.15) is 0 Å². The van der Waals surface area contributed by atoms with E-state index in [-0.39, 0.29) is 17.0 Å².